The molecule has 0 fully saturated rings. The highest BCUT2D eigenvalue weighted by atomic mass is 15.1. The SMILES string of the molecule is CC1(C)c2cc3ccccc3cc2-c2c(N(c3ccc(-n4c5ccccc5c5ccccc54)cc3)c3ccc4ccccc4c3-c3cccc4ccccc34)cccc21. The lowest BCUT2D eigenvalue weighted by Crippen LogP contribution is -2.16. The zero-order valence-electron chi connectivity index (χ0n) is 33.0. The summed E-state index contributed by atoms with van der Waals surface area (Å²) in [5.41, 5.74) is 14.5. The van der Waals surface area contributed by atoms with Crippen LogP contribution >= 0.6 is 0 Å². The van der Waals surface area contributed by atoms with Crippen LogP contribution in [0.1, 0.15) is 25.0 Å². The predicted octanol–water partition coefficient (Wildman–Crippen LogP) is 15.7. The second-order valence-electron chi connectivity index (χ2n) is 16.5. The van der Waals surface area contributed by atoms with Crippen molar-refractivity contribution in [3.05, 3.63) is 217 Å². The van der Waals surface area contributed by atoms with Crippen molar-refractivity contribution >= 4 is 71.2 Å². The van der Waals surface area contributed by atoms with E-state index in [-0.39, 0.29) is 5.41 Å². The predicted molar refractivity (Wildman–Crippen MR) is 251 cm³/mol. The molecule has 278 valence electrons. The molecule has 1 aliphatic carbocycles. The Bertz CT molecular complexity index is 3420. The number of rotatable bonds is 5. The van der Waals surface area contributed by atoms with Gasteiger partial charge in [-0.05, 0) is 115 Å². The van der Waals surface area contributed by atoms with Gasteiger partial charge in [-0.25, -0.2) is 0 Å². The van der Waals surface area contributed by atoms with E-state index in [4.69, 9.17) is 0 Å². The maximum atomic E-state index is 2.54. The van der Waals surface area contributed by atoms with E-state index in [0.717, 1.165) is 17.1 Å². The first kappa shape index (κ1) is 33.7. The van der Waals surface area contributed by atoms with Gasteiger partial charge in [-0.1, -0.05) is 159 Å². The molecule has 0 bridgehead atoms. The Labute approximate surface area is 343 Å². The van der Waals surface area contributed by atoms with Crippen molar-refractivity contribution < 1.29 is 0 Å². The summed E-state index contributed by atoms with van der Waals surface area (Å²) in [6.07, 6.45) is 0. The van der Waals surface area contributed by atoms with Gasteiger partial charge in [-0.3, -0.25) is 0 Å². The number of anilines is 3. The number of hydrogen-bond donors (Lipinski definition) is 0. The van der Waals surface area contributed by atoms with Crippen molar-refractivity contribution in [3.63, 3.8) is 0 Å². The van der Waals surface area contributed by atoms with E-state index in [2.05, 4.69) is 230 Å². The summed E-state index contributed by atoms with van der Waals surface area (Å²) in [5.74, 6) is 0. The lowest BCUT2D eigenvalue weighted by molar-refractivity contribution is 0.661. The van der Waals surface area contributed by atoms with Crippen molar-refractivity contribution in [2.75, 3.05) is 4.90 Å². The highest BCUT2D eigenvalue weighted by Gasteiger charge is 2.38. The molecular formula is C57H40N2. The Kier molecular flexibility index (Phi) is 7.31. The van der Waals surface area contributed by atoms with Gasteiger partial charge in [0.1, 0.15) is 0 Å². The molecule has 2 nitrogen and oxygen atoms in total. The molecular weight excluding hydrogens is 713 g/mol. The normalized spacial score (nSPS) is 13.1. The zero-order valence-corrected chi connectivity index (χ0v) is 33.0. The second kappa shape index (κ2) is 12.8. The van der Waals surface area contributed by atoms with Crippen molar-refractivity contribution in [1.29, 1.82) is 0 Å². The van der Waals surface area contributed by atoms with E-state index < -0.39 is 0 Å². The quantitative estimate of drug-likeness (QED) is 0.170. The molecule has 10 aromatic carbocycles. The largest absolute Gasteiger partial charge is 0.309 e. The molecule has 12 rings (SSSR count). The molecule has 1 aliphatic rings. The molecule has 1 heterocycles. The molecule has 0 N–H and O–H groups in total. The Hall–Kier alpha value is -7.42. The van der Waals surface area contributed by atoms with Crippen LogP contribution in [0, 0.1) is 0 Å². The molecule has 11 aromatic rings. The summed E-state index contributed by atoms with van der Waals surface area (Å²) >= 11 is 0. The van der Waals surface area contributed by atoms with Crippen LogP contribution in [0.3, 0.4) is 0 Å². The van der Waals surface area contributed by atoms with E-state index >= 15 is 0 Å². The van der Waals surface area contributed by atoms with Crippen molar-refractivity contribution in [3.8, 4) is 27.9 Å². The minimum Gasteiger partial charge on any atom is -0.309 e. The number of aromatic nitrogens is 1. The van der Waals surface area contributed by atoms with Crippen LogP contribution in [-0.4, -0.2) is 4.57 Å². The molecule has 0 amide bonds. The maximum absolute atomic E-state index is 2.54. The van der Waals surface area contributed by atoms with Crippen molar-refractivity contribution in [1.82, 2.24) is 4.57 Å². The van der Waals surface area contributed by atoms with Crippen molar-refractivity contribution in [2.45, 2.75) is 19.3 Å². The van der Waals surface area contributed by atoms with Gasteiger partial charge in [0.2, 0.25) is 0 Å². The second-order valence-corrected chi connectivity index (χ2v) is 16.5. The number of fused-ring (bicyclic) bond motifs is 9. The lowest BCUT2D eigenvalue weighted by Gasteiger charge is -2.31. The molecule has 0 saturated carbocycles. The van der Waals surface area contributed by atoms with Crippen LogP contribution in [0.15, 0.2) is 206 Å². The average molecular weight is 753 g/mol. The smallest absolute Gasteiger partial charge is 0.0546 e. The highest BCUT2D eigenvalue weighted by molar-refractivity contribution is 6.13. The van der Waals surface area contributed by atoms with Gasteiger partial charge in [0, 0.05) is 38.7 Å². The summed E-state index contributed by atoms with van der Waals surface area (Å²) in [7, 11) is 0. The third-order valence-corrected chi connectivity index (χ3v) is 12.9. The first-order chi connectivity index (χ1) is 29.0. The van der Waals surface area contributed by atoms with E-state index in [9.17, 15) is 0 Å². The molecule has 0 saturated heterocycles. The van der Waals surface area contributed by atoms with E-state index in [1.165, 1.54) is 93.2 Å². The molecule has 0 atom stereocenters. The first-order valence-electron chi connectivity index (χ1n) is 20.6. The topological polar surface area (TPSA) is 8.17 Å². The van der Waals surface area contributed by atoms with Gasteiger partial charge in [0.15, 0.2) is 0 Å². The third kappa shape index (κ3) is 5.00. The summed E-state index contributed by atoms with van der Waals surface area (Å²) in [6.45, 7) is 4.78. The molecule has 0 unspecified atom stereocenters. The van der Waals surface area contributed by atoms with E-state index in [0.29, 0.717) is 0 Å². The van der Waals surface area contributed by atoms with Gasteiger partial charge < -0.3 is 9.47 Å². The standard InChI is InChI=1S/C57H40N2/c1-57(2)49-25-14-28-53(56(49)48-35-39-17-3-4-18-40(39)36-50(48)57)59(42-32-30-41(31-33-42)58-51-26-11-9-22-45(51)46-23-10-12-27-52(46)58)54-34-29-38-16-6-8-21-44(38)55(54)47-24-13-19-37-15-5-7-20-43(37)47/h3-36H,1-2H3. The molecule has 0 aliphatic heterocycles. The minimum atomic E-state index is -0.182. The fourth-order valence-corrected chi connectivity index (χ4v) is 10.2. The summed E-state index contributed by atoms with van der Waals surface area (Å²) in [6, 6.07) is 76.3. The van der Waals surface area contributed by atoms with Crippen LogP contribution in [0.2, 0.25) is 0 Å². The Morgan fingerprint density at radius 2 is 0.915 bits per heavy atom. The summed E-state index contributed by atoms with van der Waals surface area (Å²) < 4.78 is 2.40. The first-order valence-corrected chi connectivity index (χ1v) is 20.6. The molecule has 0 spiro atoms. The van der Waals surface area contributed by atoms with Crippen LogP contribution in [0.25, 0.3) is 82.1 Å². The Morgan fingerprint density at radius 1 is 0.373 bits per heavy atom. The minimum absolute atomic E-state index is 0.182. The maximum Gasteiger partial charge on any atom is 0.0546 e. The summed E-state index contributed by atoms with van der Waals surface area (Å²) in [5, 5.41) is 9.98. The molecule has 0 radical (unpaired) electrons. The van der Waals surface area contributed by atoms with Gasteiger partial charge in [0.25, 0.3) is 0 Å². The highest BCUT2D eigenvalue weighted by Crippen LogP contribution is 2.56. The van der Waals surface area contributed by atoms with E-state index in [1.807, 2.05) is 0 Å². The van der Waals surface area contributed by atoms with Crippen LogP contribution in [0.5, 0.6) is 0 Å². The van der Waals surface area contributed by atoms with E-state index in [1.54, 1.807) is 0 Å². The number of nitrogens with zero attached hydrogens (tertiary/aromatic N) is 2. The average Bonchev–Trinajstić information content (AvgIpc) is 3.74. The van der Waals surface area contributed by atoms with Crippen LogP contribution in [0.4, 0.5) is 17.1 Å². The van der Waals surface area contributed by atoms with Gasteiger partial charge in [-0.2, -0.15) is 0 Å². The lowest BCUT2D eigenvalue weighted by atomic mass is 9.82. The molecule has 59 heavy (non-hydrogen) atoms. The van der Waals surface area contributed by atoms with Crippen LogP contribution in [-0.2, 0) is 5.41 Å². The van der Waals surface area contributed by atoms with Gasteiger partial charge >= 0.3 is 0 Å². The van der Waals surface area contributed by atoms with Gasteiger partial charge in [0.05, 0.1) is 22.4 Å². The van der Waals surface area contributed by atoms with Crippen LogP contribution < -0.4 is 4.90 Å². The number of benzene rings is 10. The molecule has 1 aromatic heterocycles. The third-order valence-electron chi connectivity index (χ3n) is 12.9. The fourth-order valence-electron chi connectivity index (χ4n) is 10.2. The number of para-hydroxylation sites is 2. The Balaban J connectivity index is 1.16. The molecule has 2 heteroatoms. The monoisotopic (exact) mass is 752 g/mol. The summed E-state index contributed by atoms with van der Waals surface area (Å²) in [4.78, 5) is 2.54. The zero-order chi connectivity index (χ0) is 39.2. The number of hydrogen-bond acceptors (Lipinski definition) is 1. The fraction of sp³-hybridized carbons (Fsp3) is 0.0526. The van der Waals surface area contributed by atoms with Crippen molar-refractivity contribution in [2.24, 2.45) is 0 Å². The van der Waals surface area contributed by atoms with Gasteiger partial charge in [-0.15, -0.1) is 0 Å². The Morgan fingerprint density at radius 3 is 1.63 bits per heavy atom.